The fraction of sp³-hybridized carbons (Fsp3) is 0.917. The van der Waals surface area contributed by atoms with E-state index in [1.165, 1.54) is 25.7 Å². The normalized spacial score (nSPS) is 14.9. The lowest BCUT2D eigenvalue weighted by Crippen LogP contribution is -1.96. The van der Waals surface area contributed by atoms with Gasteiger partial charge in [0.15, 0.2) is 0 Å². The summed E-state index contributed by atoms with van der Waals surface area (Å²) in [6, 6.07) is 2.35. The Kier molecular flexibility index (Phi) is 7.79. The third-order valence-corrected chi connectivity index (χ3v) is 2.87. The first-order valence-electron chi connectivity index (χ1n) is 5.64. The molecule has 0 radical (unpaired) electrons. The van der Waals surface area contributed by atoms with Crippen LogP contribution in [0.25, 0.3) is 0 Å². The number of rotatable bonds is 7. The standard InChI is InChI=1S/C12H23N/c1-4-11(3)8-6-7-9-12(5-2)10-13/h11-12H,4-9H2,1-3H3. The monoisotopic (exact) mass is 181 g/mol. The SMILES string of the molecule is CCC(C)CCCCC(C#N)CC. The average Bonchev–Trinajstić information content (AvgIpc) is 2.18. The largest absolute Gasteiger partial charge is 0.198 e. The lowest BCUT2D eigenvalue weighted by molar-refractivity contribution is 0.456. The van der Waals surface area contributed by atoms with Crippen LogP contribution in [0.3, 0.4) is 0 Å². The zero-order valence-electron chi connectivity index (χ0n) is 9.34. The quantitative estimate of drug-likeness (QED) is 0.541. The van der Waals surface area contributed by atoms with Gasteiger partial charge in [-0.05, 0) is 18.8 Å². The third-order valence-electron chi connectivity index (χ3n) is 2.87. The highest BCUT2D eigenvalue weighted by Gasteiger charge is 2.04. The van der Waals surface area contributed by atoms with Crippen LogP contribution in [0.15, 0.2) is 0 Å². The molecule has 13 heavy (non-hydrogen) atoms. The van der Waals surface area contributed by atoms with Crippen molar-refractivity contribution in [3.05, 3.63) is 0 Å². The summed E-state index contributed by atoms with van der Waals surface area (Å²) in [6.45, 7) is 6.65. The Balaban J connectivity index is 3.30. The number of nitrogens with zero attached hydrogens (tertiary/aromatic N) is 1. The highest BCUT2D eigenvalue weighted by atomic mass is 14.3. The fourth-order valence-electron chi connectivity index (χ4n) is 1.45. The van der Waals surface area contributed by atoms with Gasteiger partial charge < -0.3 is 0 Å². The molecule has 0 fully saturated rings. The van der Waals surface area contributed by atoms with Gasteiger partial charge in [-0.1, -0.05) is 46.5 Å². The molecule has 0 aromatic carbocycles. The molecular weight excluding hydrogens is 158 g/mol. The van der Waals surface area contributed by atoms with Crippen molar-refractivity contribution < 1.29 is 0 Å². The average molecular weight is 181 g/mol. The second-order valence-electron chi connectivity index (χ2n) is 4.03. The van der Waals surface area contributed by atoms with Gasteiger partial charge in [0.1, 0.15) is 0 Å². The van der Waals surface area contributed by atoms with Crippen LogP contribution in [0.1, 0.15) is 59.3 Å². The maximum atomic E-state index is 8.73. The number of hydrogen-bond acceptors (Lipinski definition) is 1. The van der Waals surface area contributed by atoms with Crippen LogP contribution in [-0.4, -0.2) is 0 Å². The van der Waals surface area contributed by atoms with Crippen molar-refractivity contribution in [2.24, 2.45) is 11.8 Å². The highest BCUT2D eigenvalue weighted by molar-refractivity contribution is 4.80. The summed E-state index contributed by atoms with van der Waals surface area (Å²) in [6.07, 6.45) is 7.26. The van der Waals surface area contributed by atoms with Crippen molar-refractivity contribution in [3.8, 4) is 6.07 Å². The molecular formula is C12H23N. The molecule has 0 aromatic heterocycles. The van der Waals surface area contributed by atoms with E-state index in [-0.39, 0.29) is 0 Å². The van der Waals surface area contributed by atoms with Gasteiger partial charge in [0.25, 0.3) is 0 Å². The Morgan fingerprint density at radius 1 is 1.08 bits per heavy atom. The Labute approximate surface area is 83.1 Å². The van der Waals surface area contributed by atoms with Crippen LogP contribution in [0, 0.1) is 23.2 Å². The maximum Gasteiger partial charge on any atom is 0.0655 e. The van der Waals surface area contributed by atoms with Crippen molar-refractivity contribution in [1.82, 2.24) is 0 Å². The van der Waals surface area contributed by atoms with Gasteiger partial charge in [-0.2, -0.15) is 5.26 Å². The highest BCUT2D eigenvalue weighted by Crippen LogP contribution is 2.16. The number of nitriles is 1. The molecule has 0 rings (SSSR count). The lowest BCUT2D eigenvalue weighted by atomic mass is 9.96. The van der Waals surface area contributed by atoms with Gasteiger partial charge in [0.2, 0.25) is 0 Å². The van der Waals surface area contributed by atoms with Crippen molar-refractivity contribution in [2.45, 2.75) is 59.3 Å². The molecule has 1 nitrogen and oxygen atoms in total. The molecule has 0 aromatic rings. The van der Waals surface area contributed by atoms with Crippen molar-refractivity contribution in [1.29, 1.82) is 5.26 Å². The van der Waals surface area contributed by atoms with E-state index < -0.39 is 0 Å². The molecule has 0 N–H and O–H groups in total. The number of hydrogen-bond donors (Lipinski definition) is 0. The van der Waals surface area contributed by atoms with Gasteiger partial charge in [-0.3, -0.25) is 0 Å². The Morgan fingerprint density at radius 2 is 1.69 bits per heavy atom. The summed E-state index contributed by atoms with van der Waals surface area (Å²) in [7, 11) is 0. The fourth-order valence-corrected chi connectivity index (χ4v) is 1.45. The first-order valence-corrected chi connectivity index (χ1v) is 5.64. The molecule has 0 bridgehead atoms. The minimum atomic E-state index is 0.303. The van der Waals surface area contributed by atoms with Gasteiger partial charge in [0, 0.05) is 5.92 Å². The molecule has 2 atom stereocenters. The molecule has 0 aliphatic carbocycles. The number of unbranched alkanes of at least 4 members (excludes halogenated alkanes) is 1. The summed E-state index contributed by atoms with van der Waals surface area (Å²) >= 11 is 0. The molecule has 0 amide bonds. The lowest BCUT2D eigenvalue weighted by Gasteiger charge is -2.08. The molecule has 0 saturated heterocycles. The van der Waals surface area contributed by atoms with Crippen LogP contribution in [0.4, 0.5) is 0 Å². The molecule has 2 unspecified atom stereocenters. The van der Waals surface area contributed by atoms with Gasteiger partial charge in [-0.15, -0.1) is 0 Å². The van der Waals surface area contributed by atoms with E-state index in [4.69, 9.17) is 5.26 Å². The molecule has 1 heteroatoms. The van der Waals surface area contributed by atoms with E-state index in [9.17, 15) is 0 Å². The van der Waals surface area contributed by atoms with E-state index in [0.29, 0.717) is 5.92 Å². The second-order valence-corrected chi connectivity index (χ2v) is 4.03. The molecule has 76 valence electrons. The third kappa shape index (κ3) is 6.63. The molecule has 0 heterocycles. The summed E-state index contributed by atoms with van der Waals surface area (Å²) in [5.41, 5.74) is 0. The van der Waals surface area contributed by atoms with Crippen LogP contribution in [0.2, 0.25) is 0 Å². The Hall–Kier alpha value is -0.510. The minimum absolute atomic E-state index is 0.303. The molecule has 0 aliphatic heterocycles. The summed E-state index contributed by atoms with van der Waals surface area (Å²) < 4.78 is 0. The first kappa shape index (κ1) is 12.5. The topological polar surface area (TPSA) is 23.8 Å². The molecule has 0 spiro atoms. The summed E-state index contributed by atoms with van der Waals surface area (Å²) in [5.74, 6) is 1.17. The van der Waals surface area contributed by atoms with Gasteiger partial charge in [-0.25, -0.2) is 0 Å². The van der Waals surface area contributed by atoms with E-state index in [2.05, 4.69) is 26.8 Å². The van der Waals surface area contributed by atoms with E-state index in [1.54, 1.807) is 0 Å². The van der Waals surface area contributed by atoms with Crippen molar-refractivity contribution in [3.63, 3.8) is 0 Å². The van der Waals surface area contributed by atoms with Gasteiger partial charge >= 0.3 is 0 Å². The Morgan fingerprint density at radius 3 is 2.15 bits per heavy atom. The van der Waals surface area contributed by atoms with Crippen LogP contribution in [0.5, 0.6) is 0 Å². The van der Waals surface area contributed by atoms with Crippen LogP contribution < -0.4 is 0 Å². The van der Waals surface area contributed by atoms with Crippen LogP contribution >= 0.6 is 0 Å². The second kappa shape index (κ2) is 8.10. The smallest absolute Gasteiger partial charge is 0.0655 e. The van der Waals surface area contributed by atoms with Crippen molar-refractivity contribution in [2.75, 3.05) is 0 Å². The van der Waals surface area contributed by atoms with Crippen molar-refractivity contribution >= 4 is 0 Å². The molecule has 0 saturated carbocycles. The maximum absolute atomic E-state index is 8.73. The molecule has 0 aliphatic rings. The van der Waals surface area contributed by atoms with E-state index in [1.807, 2.05) is 0 Å². The first-order chi connectivity index (χ1) is 6.24. The summed E-state index contributed by atoms with van der Waals surface area (Å²) in [4.78, 5) is 0. The predicted octanol–water partition coefficient (Wildman–Crippen LogP) is 4.14. The zero-order valence-corrected chi connectivity index (χ0v) is 9.34. The summed E-state index contributed by atoms with van der Waals surface area (Å²) in [5, 5.41) is 8.73. The Bertz CT molecular complexity index is 146. The minimum Gasteiger partial charge on any atom is -0.198 e. The van der Waals surface area contributed by atoms with E-state index in [0.717, 1.165) is 18.8 Å². The van der Waals surface area contributed by atoms with E-state index >= 15 is 0 Å². The van der Waals surface area contributed by atoms with Crippen LogP contribution in [-0.2, 0) is 0 Å². The zero-order chi connectivity index (χ0) is 10.1. The predicted molar refractivity (Wildman–Crippen MR) is 57.3 cm³/mol. The van der Waals surface area contributed by atoms with Gasteiger partial charge in [0.05, 0.1) is 6.07 Å².